The molecule has 0 radical (unpaired) electrons. The lowest BCUT2D eigenvalue weighted by Crippen LogP contribution is -2.27. The van der Waals surface area contributed by atoms with E-state index >= 15 is 0 Å². The quantitative estimate of drug-likeness (QED) is 0.439. The molecule has 1 unspecified atom stereocenters. The largest absolute Gasteiger partial charge is 0.550 e. The molecular formula is C18H35O3-. The molecule has 0 fully saturated rings. The maximum Gasteiger partial charge on any atom is 0.0592 e. The van der Waals surface area contributed by atoms with Crippen molar-refractivity contribution in [1.29, 1.82) is 0 Å². The van der Waals surface area contributed by atoms with Crippen molar-refractivity contribution in [3.8, 4) is 0 Å². The van der Waals surface area contributed by atoms with Gasteiger partial charge in [0.25, 0.3) is 0 Å². The number of aliphatic carboxylic acids is 1. The third-order valence-electron chi connectivity index (χ3n) is 4.04. The topological polar surface area (TPSA) is 60.4 Å². The number of unbranched alkanes of at least 4 members (excludes halogenated alkanes) is 12. The van der Waals surface area contributed by atoms with Crippen molar-refractivity contribution in [2.24, 2.45) is 0 Å². The minimum atomic E-state index is -1.16. The summed E-state index contributed by atoms with van der Waals surface area (Å²) in [5, 5.41) is 19.6. The van der Waals surface area contributed by atoms with E-state index in [1.165, 1.54) is 70.6 Å². The lowest BCUT2D eigenvalue weighted by molar-refractivity contribution is -0.307. The van der Waals surface area contributed by atoms with Crippen molar-refractivity contribution < 1.29 is 15.0 Å². The van der Waals surface area contributed by atoms with Crippen molar-refractivity contribution in [1.82, 2.24) is 0 Å². The van der Waals surface area contributed by atoms with E-state index in [1.807, 2.05) is 0 Å². The highest BCUT2D eigenvalue weighted by Crippen LogP contribution is 2.13. The summed E-state index contributed by atoms with van der Waals surface area (Å²) in [5.74, 6) is -1.16. The van der Waals surface area contributed by atoms with Gasteiger partial charge in [-0.1, -0.05) is 90.4 Å². The number of carbonyl (C=O) groups is 1. The van der Waals surface area contributed by atoms with E-state index < -0.39 is 12.1 Å². The van der Waals surface area contributed by atoms with Gasteiger partial charge in [-0.05, 0) is 6.42 Å². The molecule has 0 rings (SSSR count). The van der Waals surface area contributed by atoms with Crippen molar-refractivity contribution in [3.05, 3.63) is 0 Å². The van der Waals surface area contributed by atoms with E-state index in [-0.39, 0.29) is 6.42 Å². The molecular weight excluding hydrogens is 264 g/mol. The molecule has 0 aromatic carbocycles. The van der Waals surface area contributed by atoms with Crippen LogP contribution in [-0.2, 0) is 4.79 Å². The molecule has 1 N–H and O–H groups in total. The number of carboxylic acids is 1. The molecule has 0 aliphatic carbocycles. The minimum Gasteiger partial charge on any atom is -0.550 e. The summed E-state index contributed by atoms with van der Waals surface area (Å²) >= 11 is 0. The average molecular weight is 299 g/mol. The van der Waals surface area contributed by atoms with Crippen LogP contribution in [-0.4, -0.2) is 17.2 Å². The van der Waals surface area contributed by atoms with Gasteiger partial charge in [0.15, 0.2) is 0 Å². The molecule has 1 atom stereocenters. The fourth-order valence-corrected chi connectivity index (χ4v) is 2.69. The Hall–Kier alpha value is -0.570. The fraction of sp³-hybridized carbons (Fsp3) is 0.944. The predicted octanol–water partition coefficient (Wildman–Crippen LogP) is 3.97. The Morgan fingerprint density at radius 2 is 1.19 bits per heavy atom. The zero-order valence-corrected chi connectivity index (χ0v) is 13.9. The first-order valence-electron chi connectivity index (χ1n) is 9.04. The lowest BCUT2D eigenvalue weighted by atomic mass is 10.0. The van der Waals surface area contributed by atoms with Gasteiger partial charge < -0.3 is 15.0 Å². The molecule has 0 spiro atoms. The van der Waals surface area contributed by atoms with Gasteiger partial charge in [-0.15, -0.1) is 0 Å². The summed E-state index contributed by atoms with van der Waals surface area (Å²) in [7, 11) is 0. The summed E-state index contributed by atoms with van der Waals surface area (Å²) < 4.78 is 0. The molecule has 3 heteroatoms. The molecule has 21 heavy (non-hydrogen) atoms. The summed E-state index contributed by atoms with van der Waals surface area (Å²) in [6.07, 6.45) is 16.5. The number of aliphatic hydroxyl groups excluding tert-OH is 1. The first kappa shape index (κ1) is 20.4. The molecule has 0 heterocycles. The van der Waals surface area contributed by atoms with E-state index in [9.17, 15) is 15.0 Å². The number of carboxylic acid groups (broad SMARTS) is 1. The predicted molar refractivity (Wildman–Crippen MR) is 85.9 cm³/mol. The monoisotopic (exact) mass is 299 g/mol. The maximum atomic E-state index is 10.3. The van der Waals surface area contributed by atoms with Crippen LogP contribution in [0.5, 0.6) is 0 Å². The Kier molecular flexibility index (Phi) is 15.4. The molecule has 0 saturated heterocycles. The van der Waals surface area contributed by atoms with E-state index in [1.54, 1.807) is 0 Å². The average Bonchev–Trinajstić information content (AvgIpc) is 2.43. The fourth-order valence-electron chi connectivity index (χ4n) is 2.69. The van der Waals surface area contributed by atoms with Crippen LogP contribution in [0, 0.1) is 0 Å². The summed E-state index contributed by atoms with van der Waals surface area (Å²) in [6.45, 7) is 2.25. The first-order valence-corrected chi connectivity index (χ1v) is 9.04. The Morgan fingerprint density at radius 3 is 1.57 bits per heavy atom. The normalized spacial score (nSPS) is 12.5. The van der Waals surface area contributed by atoms with Gasteiger partial charge in [-0.2, -0.15) is 0 Å². The van der Waals surface area contributed by atoms with Crippen LogP contribution < -0.4 is 5.11 Å². The van der Waals surface area contributed by atoms with Gasteiger partial charge in [0.1, 0.15) is 0 Å². The van der Waals surface area contributed by atoms with E-state index in [4.69, 9.17) is 0 Å². The van der Waals surface area contributed by atoms with Crippen molar-refractivity contribution >= 4 is 5.97 Å². The molecule has 3 nitrogen and oxygen atoms in total. The minimum absolute atomic E-state index is 0.224. The summed E-state index contributed by atoms with van der Waals surface area (Å²) in [5.41, 5.74) is 0. The Balaban J connectivity index is 3.07. The molecule has 0 amide bonds. The number of carbonyl (C=O) groups excluding carboxylic acids is 1. The second-order valence-electron chi connectivity index (χ2n) is 6.26. The number of aliphatic hydroxyl groups is 1. The number of hydrogen-bond acceptors (Lipinski definition) is 3. The van der Waals surface area contributed by atoms with Crippen LogP contribution in [0.15, 0.2) is 0 Å². The van der Waals surface area contributed by atoms with Crippen LogP contribution in [0.3, 0.4) is 0 Å². The van der Waals surface area contributed by atoms with Crippen LogP contribution in [0.25, 0.3) is 0 Å². The highest BCUT2D eigenvalue weighted by molar-refractivity contribution is 5.64. The number of hydrogen-bond donors (Lipinski definition) is 1. The van der Waals surface area contributed by atoms with E-state index in [2.05, 4.69) is 6.92 Å². The molecule has 0 aromatic rings. The second-order valence-corrected chi connectivity index (χ2v) is 6.26. The molecule has 0 bridgehead atoms. The Labute approximate surface area is 131 Å². The van der Waals surface area contributed by atoms with Crippen molar-refractivity contribution in [2.75, 3.05) is 0 Å². The molecule has 126 valence electrons. The van der Waals surface area contributed by atoms with Gasteiger partial charge in [-0.3, -0.25) is 0 Å². The van der Waals surface area contributed by atoms with Gasteiger partial charge >= 0.3 is 0 Å². The molecule has 0 aromatic heterocycles. The van der Waals surface area contributed by atoms with Crippen LogP contribution in [0.2, 0.25) is 0 Å². The van der Waals surface area contributed by atoms with Crippen molar-refractivity contribution in [3.63, 3.8) is 0 Å². The van der Waals surface area contributed by atoms with Crippen LogP contribution >= 0.6 is 0 Å². The smallest absolute Gasteiger partial charge is 0.0592 e. The first-order chi connectivity index (χ1) is 10.2. The van der Waals surface area contributed by atoms with Crippen LogP contribution in [0.4, 0.5) is 0 Å². The number of rotatable bonds is 16. The maximum absolute atomic E-state index is 10.3. The van der Waals surface area contributed by atoms with Crippen LogP contribution in [0.1, 0.15) is 103 Å². The molecule has 0 saturated carbocycles. The second kappa shape index (κ2) is 15.8. The standard InChI is InChI=1S/C18H36O3/c1-2-3-4-5-6-7-8-9-10-11-12-13-14-15-17(19)16-18(20)21/h17,19H,2-16H2,1H3,(H,20,21)/p-1. The summed E-state index contributed by atoms with van der Waals surface area (Å²) in [4.78, 5) is 10.3. The Morgan fingerprint density at radius 1 is 0.810 bits per heavy atom. The SMILES string of the molecule is CCCCCCCCCCCCCCCC(O)CC(=O)[O-]. The zero-order valence-electron chi connectivity index (χ0n) is 13.9. The highest BCUT2D eigenvalue weighted by atomic mass is 16.4. The zero-order chi connectivity index (χ0) is 15.8. The van der Waals surface area contributed by atoms with E-state index in [0.717, 1.165) is 12.8 Å². The summed E-state index contributed by atoms with van der Waals surface area (Å²) in [6, 6.07) is 0. The lowest BCUT2D eigenvalue weighted by Gasteiger charge is -2.10. The van der Waals surface area contributed by atoms with Gasteiger partial charge in [0, 0.05) is 12.4 Å². The van der Waals surface area contributed by atoms with E-state index in [0.29, 0.717) is 6.42 Å². The van der Waals surface area contributed by atoms with Gasteiger partial charge in [0.2, 0.25) is 0 Å². The van der Waals surface area contributed by atoms with Gasteiger partial charge in [0.05, 0.1) is 6.10 Å². The van der Waals surface area contributed by atoms with Gasteiger partial charge in [-0.25, -0.2) is 0 Å². The molecule has 0 aliphatic heterocycles. The Bertz CT molecular complexity index is 229. The third kappa shape index (κ3) is 17.4. The highest BCUT2D eigenvalue weighted by Gasteiger charge is 2.03. The molecule has 0 aliphatic rings. The third-order valence-corrected chi connectivity index (χ3v) is 4.04. The van der Waals surface area contributed by atoms with Crippen molar-refractivity contribution in [2.45, 2.75) is 109 Å².